The van der Waals surface area contributed by atoms with E-state index in [1.807, 2.05) is 0 Å². The van der Waals surface area contributed by atoms with Gasteiger partial charge in [-0.15, -0.1) is 0 Å². The van der Waals surface area contributed by atoms with Crippen LogP contribution in [0.15, 0.2) is 39.2 Å². The predicted molar refractivity (Wildman–Crippen MR) is 74.3 cm³/mol. The quantitative estimate of drug-likeness (QED) is 0.893. The van der Waals surface area contributed by atoms with Gasteiger partial charge in [0, 0.05) is 11.8 Å². The molecule has 7 heteroatoms. The fraction of sp³-hybridized carbons (Fsp3) is 0.0769. The Labute approximate surface area is 122 Å². The van der Waals surface area contributed by atoms with E-state index in [-0.39, 0.29) is 11.5 Å². The Balaban J connectivity index is 2.16. The molecule has 0 atom stereocenters. The van der Waals surface area contributed by atoms with E-state index in [9.17, 15) is 9.59 Å². The third-order valence-electron chi connectivity index (χ3n) is 2.45. The number of hydrogen-bond acceptors (Lipinski definition) is 4. The highest BCUT2D eigenvalue weighted by atomic mass is 79.9. The standard InChI is InChI=1S/C13H10BrNO5/c1-19-11-6-7(2-3-8(11)14)15-12(16)9-4-5-10(20-9)13(17)18/h2-6H,1H3,(H,15,16)(H,17,18). The van der Waals surface area contributed by atoms with Gasteiger partial charge in [0.25, 0.3) is 5.91 Å². The smallest absolute Gasteiger partial charge is 0.371 e. The molecule has 2 rings (SSSR count). The Bertz CT molecular complexity index is 665. The maximum Gasteiger partial charge on any atom is 0.371 e. The normalized spacial score (nSPS) is 10.1. The Hall–Kier alpha value is -2.28. The van der Waals surface area contributed by atoms with Crippen LogP contribution in [-0.4, -0.2) is 24.1 Å². The summed E-state index contributed by atoms with van der Waals surface area (Å²) in [6, 6.07) is 7.54. The first-order valence-electron chi connectivity index (χ1n) is 5.49. The van der Waals surface area contributed by atoms with Gasteiger partial charge in [-0.1, -0.05) is 0 Å². The van der Waals surface area contributed by atoms with Crippen molar-refractivity contribution in [2.45, 2.75) is 0 Å². The van der Waals surface area contributed by atoms with E-state index in [4.69, 9.17) is 14.3 Å². The monoisotopic (exact) mass is 339 g/mol. The number of hydrogen-bond donors (Lipinski definition) is 2. The van der Waals surface area contributed by atoms with Crippen LogP contribution in [0.1, 0.15) is 21.1 Å². The number of aromatic carboxylic acids is 1. The highest BCUT2D eigenvalue weighted by Crippen LogP contribution is 2.28. The second-order valence-corrected chi connectivity index (χ2v) is 4.63. The van der Waals surface area contributed by atoms with Crippen LogP contribution in [0.25, 0.3) is 0 Å². The van der Waals surface area contributed by atoms with Crippen LogP contribution in [0, 0.1) is 0 Å². The Morgan fingerprint density at radius 1 is 1.25 bits per heavy atom. The molecular weight excluding hydrogens is 330 g/mol. The lowest BCUT2D eigenvalue weighted by Gasteiger charge is -2.07. The molecule has 0 aliphatic carbocycles. The minimum Gasteiger partial charge on any atom is -0.495 e. The number of anilines is 1. The number of carboxylic acid groups (broad SMARTS) is 1. The van der Waals surface area contributed by atoms with Crippen molar-refractivity contribution in [1.82, 2.24) is 0 Å². The number of rotatable bonds is 4. The zero-order chi connectivity index (χ0) is 14.7. The molecule has 0 fully saturated rings. The second-order valence-electron chi connectivity index (χ2n) is 3.77. The Morgan fingerprint density at radius 3 is 2.55 bits per heavy atom. The molecule has 0 radical (unpaired) electrons. The van der Waals surface area contributed by atoms with Crippen LogP contribution in [0.2, 0.25) is 0 Å². The molecule has 1 heterocycles. The second kappa shape index (κ2) is 5.79. The van der Waals surface area contributed by atoms with Crippen LogP contribution in [0.5, 0.6) is 5.75 Å². The first-order chi connectivity index (χ1) is 9.51. The number of amides is 1. The van der Waals surface area contributed by atoms with Crippen LogP contribution in [-0.2, 0) is 0 Å². The van der Waals surface area contributed by atoms with E-state index in [2.05, 4.69) is 21.2 Å². The maximum absolute atomic E-state index is 11.9. The molecule has 104 valence electrons. The van der Waals surface area contributed by atoms with Crippen LogP contribution >= 0.6 is 15.9 Å². The summed E-state index contributed by atoms with van der Waals surface area (Å²) in [5.41, 5.74) is 0.503. The van der Waals surface area contributed by atoms with Gasteiger partial charge in [-0.05, 0) is 40.2 Å². The van der Waals surface area contributed by atoms with Gasteiger partial charge in [0.15, 0.2) is 5.76 Å². The van der Waals surface area contributed by atoms with E-state index < -0.39 is 11.9 Å². The average Bonchev–Trinajstić information content (AvgIpc) is 2.91. The van der Waals surface area contributed by atoms with E-state index >= 15 is 0 Å². The van der Waals surface area contributed by atoms with Crippen molar-refractivity contribution in [2.75, 3.05) is 12.4 Å². The molecule has 0 aliphatic rings. The maximum atomic E-state index is 11.9. The Morgan fingerprint density at radius 2 is 1.95 bits per heavy atom. The molecule has 0 aliphatic heterocycles. The van der Waals surface area contributed by atoms with Gasteiger partial charge in [-0.2, -0.15) is 0 Å². The third-order valence-corrected chi connectivity index (χ3v) is 3.10. The summed E-state index contributed by atoms with van der Waals surface area (Å²) < 4.78 is 10.8. The van der Waals surface area contributed by atoms with Crippen molar-refractivity contribution in [2.24, 2.45) is 0 Å². The van der Waals surface area contributed by atoms with Crippen molar-refractivity contribution < 1.29 is 23.8 Å². The number of carbonyl (C=O) groups excluding carboxylic acids is 1. The van der Waals surface area contributed by atoms with E-state index in [0.29, 0.717) is 11.4 Å². The van der Waals surface area contributed by atoms with Crippen molar-refractivity contribution in [3.63, 3.8) is 0 Å². The zero-order valence-corrected chi connectivity index (χ0v) is 11.9. The van der Waals surface area contributed by atoms with E-state index in [1.54, 1.807) is 18.2 Å². The number of nitrogens with one attached hydrogen (secondary N) is 1. The summed E-state index contributed by atoms with van der Waals surface area (Å²) in [6.07, 6.45) is 0. The number of furan rings is 1. The molecule has 6 nitrogen and oxygen atoms in total. The fourth-order valence-electron chi connectivity index (χ4n) is 1.51. The SMILES string of the molecule is COc1cc(NC(=O)c2ccc(C(=O)O)o2)ccc1Br. The number of halogens is 1. The van der Waals surface area contributed by atoms with Gasteiger partial charge >= 0.3 is 5.97 Å². The number of benzene rings is 1. The van der Waals surface area contributed by atoms with Crippen LogP contribution < -0.4 is 10.1 Å². The minimum atomic E-state index is -1.23. The van der Waals surface area contributed by atoms with Crippen molar-refractivity contribution in [3.8, 4) is 5.75 Å². The van der Waals surface area contributed by atoms with Crippen molar-refractivity contribution in [1.29, 1.82) is 0 Å². The molecule has 0 unspecified atom stereocenters. The molecule has 1 aromatic carbocycles. The van der Waals surface area contributed by atoms with Gasteiger partial charge in [-0.3, -0.25) is 4.79 Å². The molecule has 0 bridgehead atoms. The highest BCUT2D eigenvalue weighted by Gasteiger charge is 2.15. The summed E-state index contributed by atoms with van der Waals surface area (Å²) in [6.45, 7) is 0. The summed E-state index contributed by atoms with van der Waals surface area (Å²) in [5.74, 6) is -1.57. The average molecular weight is 340 g/mol. The molecule has 2 aromatic rings. The van der Waals surface area contributed by atoms with Gasteiger partial charge in [0.05, 0.1) is 11.6 Å². The fourth-order valence-corrected chi connectivity index (χ4v) is 1.91. The van der Waals surface area contributed by atoms with Gasteiger partial charge in [0.1, 0.15) is 5.75 Å². The molecule has 2 N–H and O–H groups in total. The first kappa shape index (κ1) is 14.1. The lowest BCUT2D eigenvalue weighted by molar-refractivity contribution is 0.0660. The molecule has 20 heavy (non-hydrogen) atoms. The minimum absolute atomic E-state index is 0.0794. The molecule has 1 amide bonds. The molecular formula is C13H10BrNO5. The molecule has 0 saturated heterocycles. The van der Waals surface area contributed by atoms with E-state index in [1.165, 1.54) is 19.2 Å². The van der Waals surface area contributed by atoms with Crippen molar-refractivity contribution >= 4 is 33.5 Å². The molecule has 0 spiro atoms. The van der Waals surface area contributed by atoms with Gasteiger partial charge < -0.3 is 19.6 Å². The zero-order valence-electron chi connectivity index (χ0n) is 10.3. The lowest BCUT2D eigenvalue weighted by Crippen LogP contribution is -2.11. The number of methoxy groups -OCH3 is 1. The first-order valence-corrected chi connectivity index (χ1v) is 6.28. The summed E-state index contributed by atoms with van der Waals surface area (Å²) >= 11 is 3.30. The van der Waals surface area contributed by atoms with E-state index in [0.717, 1.165) is 4.47 Å². The van der Waals surface area contributed by atoms with Crippen LogP contribution in [0.3, 0.4) is 0 Å². The number of ether oxygens (including phenoxy) is 1. The van der Waals surface area contributed by atoms with Gasteiger partial charge in [0.2, 0.25) is 5.76 Å². The lowest BCUT2D eigenvalue weighted by atomic mass is 10.3. The molecule has 0 saturated carbocycles. The predicted octanol–water partition coefficient (Wildman–Crippen LogP) is 3.00. The summed E-state index contributed by atoms with van der Waals surface area (Å²) in [7, 11) is 1.51. The largest absolute Gasteiger partial charge is 0.495 e. The summed E-state index contributed by atoms with van der Waals surface area (Å²) in [5, 5.41) is 11.3. The Kier molecular flexibility index (Phi) is 4.09. The topological polar surface area (TPSA) is 88.8 Å². The van der Waals surface area contributed by atoms with Crippen molar-refractivity contribution in [3.05, 3.63) is 46.3 Å². The number of carboxylic acids is 1. The summed E-state index contributed by atoms with van der Waals surface area (Å²) in [4.78, 5) is 22.6. The van der Waals surface area contributed by atoms with Crippen LogP contribution in [0.4, 0.5) is 5.69 Å². The number of carbonyl (C=O) groups is 2. The highest BCUT2D eigenvalue weighted by molar-refractivity contribution is 9.10. The third kappa shape index (κ3) is 3.00. The van der Waals surface area contributed by atoms with Gasteiger partial charge in [-0.25, -0.2) is 4.79 Å². The molecule has 1 aromatic heterocycles.